The molecule has 0 aromatic carbocycles. The van der Waals surface area contributed by atoms with Crippen LogP contribution in [0.2, 0.25) is 0 Å². The standard InChI is InChI=1S/C8H15N3/c1-3-4-5-7(2)8-9-6-10-11-8/h6-7H,3-5H2,1-2H3,(H,9,10,11). The molecule has 0 amide bonds. The summed E-state index contributed by atoms with van der Waals surface area (Å²) in [6.07, 6.45) is 5.35. The first-order valence-corrected chi connectivity index (χ1v) is 4.20. The van der Waals surface area contributed by atoms with Crippen LogP contribution in [-0.2, 0) is 0 Å². The van der Waals surface area contributed by atoms with E-state index in [2.05, 4.69) is 29.0 Å². The van der Waals surface area contributed by atoms with Crippen molar-refractivity contribution in [1.29, 1.82) is 0 Å². The molecule has 0 saturated carbocycles. The van der Waals surface area contributed by atoms with Crippen LogP contribution >= 0.6 is 0 Å². The van der Waals surface area contributed by atoms with Crippen LogP contribution < -0.4 is 0 Å². The van der Waals surface area contributed by atoms with Gasteiger partial charge in [0, 0.05) is 5.92 Å². The monoisotopic (exact) mass is 153 g/mol. The molecule has 0 spiro atoms. The lowest BCUT2D eigenvalue weighted by atomic mass is 10.0. The van der Waals surface area contributed by atoms with Gasteiger partial charge in [0.15, 0.2) is 0 Å². The molecule has 62 valence electrons. The Kier molecular flexibility index (Phi) is 3.08. The van der Waals surface area contributed by atoms with Crippen molar-refractivity contribution in [3.8, 4) is 0 Å². The molecule has 0 bridgehead atoms. The Morgan fingerprint density at radius 1 is 1.64 bits per heavy atom. The van der Waals surface area contributed by atoms with Crippen LogP contribution in [0.3, 0.4) is 0 Å². The predicted octanol–water partition coefficient (Wildman–Crippen LogP) is 2.10. The molecule has 1 aromatic heterocycles. The molecule has 0 saturated heterocycles. The fraction of sp³-hybridized carbons (Fsp3) is 0.750. The van der Waals surface area contributed by atoms with Crippen LogP contribution in [-0.4, -0.2) is 15.2 Å². The van der Waals surface area contributed by atoms with Crippen LogP contribution in [0.5, 0.6) is 0 Å². The van der Waals surface area contributed by atoms with Gasteiger partial charge in [0.1, 0.15) is 12.2 Å². The third-order valence-electron chi connectivity index (χ3n) is 1.89. The second kappa shape index (κ2) is 4.11. The highest BCUT2D eigenvalue weighted by Crippen LogP contribution is 2.16. The van der Waals surface area contributed by atoms with E-state index >= 15 is 0 Å². The summed E-state index contributed by atoms with van der Waals surface area (Å²) in [6, 6.07) is 0. The number of rotatable bonds is 4. The van der Waals surface area contributed by atoms with E-state index in [1.807, 2.05) is 0 Å². The summed E-state index contributed by atoms with van der Waals surface area (Å²) in [7, 11) is 0. The third-order valence-corrected chi connectivity index (χ3v) is 1.89. The van der Waals surface area contributed by atoms with Crippen molar-refractivity contribution in [2.75, 3.05) is 0 Å². The molecular weight excluding hydrogens is 138 g/mol. The van der Waals surface area contributed by atoms with Gasteiger partial charge in [-0.25, -0.2) is 0 Å². The van der Waals surface area contributed by atoms with Gasteiger partial charge in [-0.1, -0.05) is 26.7 Å². The van der Waals surface area contributed by atoms with Gasteiger partial charge in [-0.3, -0.25) is 0 Å². The Morgan fingerprint density at radius 3 is 3.00 bits per heavy atom. The fourth-order valence-corrected chi connectivity index (χ4v) is 1.10. The van der Waals surface area contributed by atoms with Gasteiger partial charge in [-0.15, -0.1) is 10.2 Å². The van der Waals surface area contributed by atoms with E-state index in [1.165, 1.54) is 19.3 Å². The van der Waals surface area contributed by atoms with E-state index in [9.17, 15) is 0 Å². The average Bonchev–Trinajstić information content (AvgIpc) is 2.52. The number of H-pyrrole nitrogens is 1. The second-order valence-corrected chi connectivity index (χ2v) is 2.92. The zero-order valence-corrected chi connectivity index (χ0v) is 7.17. The first-order chi connectivity index (χ1) is 5.34. The van der Waals surface area contributed by atoms with Crippen molar-refractivity contribution < 1.29 is 0 Å². The molecule has 1 heterocycles. The Bertz CT molecular complexity index is 181. The number of nitrogens with zero attached hydrogens (tertiary/aromatic N) is 2. The fourth-order valence-electron chi connectivity index (χ4n) is 1.10. The lowest BCUT2D eigenvalue weighted by molar-refractivity contribution is 0.597. The van der Waals surface area contributed by atoms with E-state index in [0.29, 0.717) is 5.92 Å². The van der Waals surface area contributed by atoms with Gasteiger partial charge < -0.3 is 4.98 Å². The van der Waals surface area contributed by atoms with Crippen molar-refractivity contribution in [3.63, 3.8) is 0 Å². The molecule has 0 aliphatic heterocycles. The summed E-state index contributed by atoms with van der Waals surface area (Å²) in [5.74, 6) is 1.54. The van der Waals surface area contributed by atoms with Crippen LogP contribution in [0.1, 0.15) is 44.9 Å². The van der Waals surface area contributed by atoms with E-state index in [4.69, 9.17) is 0 Å². The SMILES string of the molecule is CCCCC(C)c1nnc[nH]1. The number of unbranched alkanes of at least 4 members (excludes halogenated alkanes) is 1. The van der Waals surface area contributed by atoms with Crippen LogP contribution in [0, 0.1) is 0 Å². The molecule has 0 fully saturated rings. The summed E-state index contributed by atoms with van der Waals surface area (Å²) in [4.78, 5) is 3.02. The largest absolute Gasteiger partial charge is 0.331 e. The number of nitrogens with one attached hydrogen (secondary N) is 1. The van der Waals surface area contributed by atoms with Crippen LogP contribution in [0.4, 0.5) is 0 Å². The molecule has 1 rings (SSSR count). The smallest absolute Gasteiger partial charge is 0.132 e. The molecule has 11 heavy (non-hydrogen) atoms. The molecule has 3 heteroatoms. The van der Waals surface area contributed by atoms with Crippen molar-refractivity contribution in [2.24, 2.45) is 0 Å². The van der Waals surface area contributed by atoms with E-state index in [0.717, 1.165) is 5.82 Å². The highest BCUT2D eigenvalue weighted by molar-refractivity contribution is 4.89. The average molecular weight is 153 g/mol. The Balaban J connectivity index is 2.36. The molecule has 3 nitrogen and oxygen atoms in total. The van der Waals surface area contributed by atoms with Gasteiger partial charge in [0.2, 0.25) is 0 Å². The maximum Gasteiger partial charge on any atom is 0.132 e. The van der Waals surface area contributed by atoms with E-state index in [1.54, 1.807) is 6.33 Å². The molecule has 1 aromatic rings. The Hall–Kier alpha value is -0.860. The van der Waals surface area contributed by atoms with Crippen LogP contribution in [0.25, 0.3) is 0 Å². The molecule has 0 aliphatic carbocycles. The molecular formula is C8H15N3. The number of aromatic amines is 1. The van der Waals surface area contributed by atoms with Gasteiger partial charge in [-0.2, -0.15) is 0 Å². The van der Waals surface area contributed by atoms with Crippen molar-refractivity contribution in [2.45, 2.75) is 39.0 Å². The first kappa shape index (κ1) is 8.24. The minimum absolute atomic E-state index is 0.525. The van der Waals surface area contributed by atoms with E-state index in [-0.39, 0.29) is 0 Å². The minimum atomic E-state index is 0.525. The zero-order valence-electron chi connectivity index (χ0n) is 7.17. The van der Waals surface area contributed by atoms with Crippen molar-refractivity contribution in [3.05, 3.63) is 12.2 Å². The highest BCUT2D eigenvalue weighted by Gasteiger charge is 2.06. The third kappa shape index (κ3) is 2.33. The lowest BCUT2D eigenvalue weighted by Gasteiger charge is -2.04. The van der Waals surface area contributed by atoms with E-state index < -0.39 is 0 Å². The normalized spacial score (nSPS) is 13.3. The zero-order chi connectivity index (χ0) is 8.10. The molecule has 1 unspecified atom stereocenters. The van der Waals surface area contributed by atoms with Gasteiger partial charge >= 0.3 is 0 Å². The summed E-state index contributed by atoms with van der Waals surface area (Å²) < 4.78 is 0. The number of aromatic nitrogens is 3. The molecule has 0 aliphatic rings. The number of hydrogen-bond acceptors (Lipinski definition) is 2. The van der Waals surface area contributed by atoms with Crippen molar-refractivity contribution in [1.82, 2.24) is 15.2 Å². The van der Waals surface area contributed by atoms with Gasteiger partial charge in [-0.05, 0) is 6.42 Å². The minimum Gasteiger partial charge on any atom is -0.331 e. The Morgan fingerprint density at radius 2 is 2.45 bits per heavy atom. The van der Waals surface area contributed by atoms with Crippen molar-refractivity contribution >= 4 is 0 Å². The Labute approximate surface area is 67.2 Å². The molecule has 1 N–H and O–H groups in total. The topological polar surface area (TPSA) is 41.6 Å². The quantitative estimate of drug-likeness (QED) is 0.719. The highest BCUT2D eigenvalue weighted by atomic mass is 15.2. The maximum atomic E-state index is 3.96. The predicted molar refractivity (Wildman–Crippen MR) is 44.3 cm³/mol. The van der Waals surface area contributed by atoms with Gasteiger partial charge in [0.25, 0.3) is 0 Å². The maximum absolute atomic E-state index is 3.96. The first-order valence-electron chi connectivity index (χ1n) is 4.20. The summed E-state index contributed by atoms with van der Waals surface area (Å²) in [5.41, 5.74) is 0. The molecule has 0 radical (unpaired) electrons. The number of hydrogen-bond donors (Lipinski definition) is 1. The van der Waals surface area contributed by atoms with Gasteiger partial charge in [0.05, 0.1) is 0 Å². The van der Waals surface area contributed by atoms with Crippen LogP contribution in [0.15, 0.2) is 6.33 Å². The lowest BCUT2D eigenvalue weighted by Crippen LogP contribution is -1.95. The molecule has 1 atom stereocenters. The summed E-state index contributed by atoms with van der Waals surface area (Å²) >= 11 is 0. The summed E-state index contributed by atoms with van der Waals surface area (Å²) in [6.45, 7) is 4.38. The summed E-state index contributed by atoms with van der Waals surface area (Å²) in [5, 5.41) is 7.71. The second-order valence-electron chi connectivity index (χ2n) is 2.92.